The van der Waals surface area contributed by atoms with Crippen LogP contribution in [-0.2, 0) is 6.42 Å². The zero-order chi connectivity index (χ0) is 13.8. The third kappa shape index (κ3) is 4.38. The van der Waals surface area contributed by atoms with E-state index in [-0.39, 0.29) is 11.5 Å². The minimum Gasteiger partial charge on any atom is -0.326 e. The highest BCUT2D eigenvalue weighted by Gasteiger charge is 2.32. The molecule has 0 amide bonds. The largest absolute Gasteiger partial charge is 0.326 e. The Balaban J connectivity index is 2.62. The third-order valence-corrected chi connectivity index (χ3v) is 4.47. The molecule has 1 heterocycles. The lowest BCUT2D eigenvalue weighted by Crippen LogP contribution is -2.53. The minimum absolute atomic E-state index is 0.222. The summed E-state index contributed by atoms with van der Waals surface area (Å²) in [6.07, 6.45) is 2.16. The van der Waals surface area contributed by atoms with Gasteiger partial charge in [-0.15, -0.1) is 11.3 Å². The lowest BCUT2D eigenvalue weighted by Gasteiger charge is -2.41. The van der Waals surface area contributed by atoms with Crippen LogP contribution >= 0.6 is 11.3 Å². The van der Waals surface area contributed by atoms with Crippen molar-refractivity contribution < 1.29 is 0 Å². The van der Waals surface area contributed by atoms with Crippen molar-refractivity contribution >= 4 is 11.3 Å². The summed E-state index contributed by atoms with van der Waals surface area (Å²) in [4.78, 5) is 3.90. The second-order valence-electron chi connectivity index (χ2n) is 6.19. The van der Waals surface area contributed by atoms with Gasteiger partial charge in [-0.05, 0) is 36.8 Å². The Hall–Kier alpha value is -0.380. The quantitative estimate of drug-likeness (QED) is 0.857. The smallest absolute Gasteiger partial charge is 0.0292 e. The lowest BCUT2D eigenvalue weighted by molar-refractivity contribution is 0.101. The zero-order valence-electron chi connectivity index (χ0n) is 12.4. The van der Waals surface area contributed by atoms with Gasteiger partial charge in [0.2, 0.25) is 0 Å². The summed E-state index contributed by atoms with van der Waals surface area (Å²) in [5.41, 5.74) is 6.54. The SMILES string of the molecule is CCC(N)C(N(C)CCc1cccs1)C(C)(C)C. The van der Waals surface area contributed by atoms with Crippen LogP contribution in [0.4, 0.5) is 0 Å². The Morgan fingerprint density at radius 3 is 2.50 bits per heavy atom. The van der Waals surface area contributed by atoms with Gasteiger partial charge in [-0.3, -0.25) is 0 Å². The molecule has 1 rings (SSSR count). The molecule has 2 nitrogen and oxygen atoms in total. The van der Waals surface area contributed by atoms with Crippen LogP contribution in [-0.4, -0.2) is 30.6 Å². The van der Waals surface area contributed by atoms with Crippen molar-refractivity contribution in [2.24, 2.45) is 11.1 Å². The number of nitrogens with zero attached hydrogens (tertiary/aromatic N) is 1. The molecule has 18 heavy (non-hydrogen) atoms. The molecule has 0 radical (unpaired) electrons. The maximum Gasteiger partial charge on any atom is 0.0292 e. The van der Waals surface area contributed by atoms with Gasteiger partial charge in [0.25, 0.3) is 0 Å². The summed E-state index contributed by atoms with van der Waals surface area (Å²) >= 11 is 1.84. The first-order valence-corrected chi connectivity index (χ1v) is 7.72. The molecule has 2 unspecified atom stereocenters. The highest BCUT2D eigenvalue weighted by molar-refractivity contribution is 7.09. The van der Waals surface area contributed by atoms with Crippen molar-refractivity contribution in [3.05, 3.63) is 22.4 Å². The number of likely N-dealkylation sites (N-methyl/N-ethyl adjacent to an activating group) is 1. The van der Waals surface area contributed by atoms with Crippen LogP contribution in [0.2, 0.25) is 0 Å². The van der Waals surface area contributed by atoms with Gasteiger partial charge < -0.3 is 10.6 Å². The highest BCUT2D eigenvalue weighted by Crippen LogP contribution is 2.27. The van der Waals surface area contributed by atoms with Crippen molar-refractivity contribution in [1.82, 2.24) is 4.90 Å². The van der Waals surface area contributed by atoms with E-state index in [0.717, 1.165) is 19.4 Å². The first-order valence-electron chi connectivity index (χ1n) is 6.84. The van der Waals surface area contributed by atoms with Crippen molar-refractivity contribution in [3.63, 3.8) is 0 Å². The average molecular weight is 268 g/mol. The van der Waals surface area contributed by atoms with Gasteiger partial charge in [-0.2, -0.15) is 0 Å². The maximum absolute atomic E-state index is 6.31. The van der Waals surface area contributed by atoms with E-state index in [0.29, 0.717) is 6.04 Å². The minimum atomic E-state index is 0.222. The van der Waals surface area contributed by atoms with Gasteiger partial charge in [0.15, 0.2) is 0 Å². The summed E-state index contributed by atoms with van der Waals surface area (Å²) < 4.78 is 0. The molecule has 0 aliphatic carbocycles. The second-order valence-corrected chi connectivity index (χ2v) is 7.23. The Kier molecular flexibility index (Phi) is 5.83. The average Bonchev–Trinajstić information content (AvgIpc) is 2.77. The fourth-order valence-corrected chi connectivity index (χ4v) is 3.43. The molecule has 0 aliphatic heterocycles. The van der Waals surface area contributed by atoms with Gasteiger partial charge in [0.05, 0.1) is 0 Å². The number of rotatable bonds is 6. The Bertz CT molecular complexity index is 327. The van der Waals surface area contributed by atoms with E-state index in [4.69, 9.17) is 5.73 Å². The Morgan fingerprint density at radius 2 is 2.06 bits per heavy atom. The van der Waals surface area contributed by atoms with E-state index in [1.807, 2.05) is 11.3 Å². The zero-order valence-corrected chi connectivity index (χ0v) is 13.3. The topological polar surface area (TPSA) is 29.3 Å². The van der Waals surface area contributed by atoms with E-state index in [1.54, 1.807) is 0 Å². The van der Waals surface area contributed by atoms with Gasteiger partial charge in [-0.1, -0.05) is 33.8 Å². The normalized spacial score (nSPS) is 15.9. The molecule has 0 saturated carbocycles. The number of thiophene rings is 1. The fraction of sp³-hybridized carbons (Fsp3) is 0.733. The Labute approximate surface area is 116 Å². The van der Waals surface area contributed by atoms with Gasteiger partial charge in [-0.25, -0.2) is 0 Å². The molecule has 0 bridgehead atoms. The predicted octanol–water partition coefficient (Wildman–Crippen LogP) is 3.37. The van der Waals surface area contributed by atoms with Crippen LogP contribution in [0.25, 0.3) is 0 Å². The summed E-state index contributed by atoms with van der Waals surface area (Å²) in [6, 6.07) is 5.02. The molecule has 3 heteroatoms. The highest BCUT2D eigenvalue weighted by atomic mass is 32.1. The molecule has 0 aliphatic rings. The number of hydrogen-bond donors (Lipinski definition) is 1. The third-order valence-electron chi connectivity index (χ3n) is 3.53. The second kappa shape index (κ2) is 6.69. The lowest BCUT2D eigenvalue weighted by atomic mass is 9.80. The van der Waals surface area contributed by atoms with Gasteiger partial charge >= 0.3 is 0 Å². The summed E-state index contributed by atoms with van der Waals surface area (Å²) in [5.74, 6) is 0. The molecule has 2 N–H and O–H groups in total. The van der Waals surface area contributed by atoms with Crippen molar-refractivity contribution in [3.8, 4) is 0 Å². The van der Waals surface area contributed by atoms with Crippen LogP contribution in [0.15, 0.2) is 17.5 Å². The first kappa shape index (κ1) is 15.7. The van der Waals surface area contributed by atoms with E-state index in [1.165, 1.54) is 4.88 Å². The van der Waals surface area contributed by atoms with Crippen molar-refractivity contribution in [1.29, 1.82) is 0 Å². The molecule has 0 aromatic carbocycles. The van der Waals surface area contributed by atoms with E-state index < -0.39 is 0 Å². The predicted molar refractivity (Wildman–Crippen MR) is 82.2 cm³/mol. The van der Waals surface area contributed by atoms with Crippen LogP contribution in [0, 0.1) is 5.41 Å². The standard InChI is InChI=1S/C15H28N2S/c1-6-13(16)14(15(2,3)4)17(5)10-9-12-8-7-11-18-12/h7-8,11,13-14H,6,9-10,16H2,1-5H3. The molecule has 0 saturated heterocycles. The fourth-order valence-electron chi connectivity index (χ4n) is 2.73. The molecule has 104 valence electrons. The molecular formula is C15H28N2S. The van der Waals surface area contributed by atoms with E-state index in [9.17, 15) is 0 Å². The van der Waals surface area contributed by atoms with Gasteiger partial charge in [0.1, 0.15) is 0 Å². The molecule has 1 aromatic rings. The van der Waals surface area contributed by atoms with E-state index in [2.05, 4.69) is 57.2 Å². The number of hydrogen-bond acceptors (Lipinski definition) is 3. The molecule has 1 aromatic heterocycles. The molecule has 0 fully saturated rings. The summed E-state index contributed by atoms with van der Waals surface area (Å²) in [5, 5.41) is 2.15. The van der Waals surface area contributed by atoms with Crippen LogP contribution in [0.5, 0.6) is 0 Å². The van der Waals surface area contributed by atoms with Gasteiger partial charge in [0, 0.05) is 23.5 Å². The van der Waals surface area contributed by atoms with Crippen LogP contribution in [0.1, 0.15) is 39.0 Å². The first-order chi connectivity index (χ1) is 8.36. The van der Waals surface area contributed by atoms with Crippen LogP contribution < -0.4 is 5.73 Å². The van der Waals surface area contributed by atoms with E-state index >= 15 is 0 Å². The molecule has 0 spiro atoms. The monoisotopic (exact) mass is 268 g/mol. The van der Waals surface area contributed by atoms with Crippen molar-refractivity contribution in [2.75, 3.05) is 13.6 Å². The molecule has 2 atom stereocenters. The Morgan fingerprint density at radius 1 is 1.39 bits per heavy atom. The molecular weight excluding hydrogens is 240 g/mol. The number of nitrogens with two attached hydrogens (primary N) is 1. The van der Waals surface area contributed by atoms with Crippen LogP contribution in [0.3, 0.4) is 0 Å². The summed E-state index contributed by atoms with van der Waals surface area (Å²) in [6.45, 7) is 10.1. The van der Waals surface area contributed by atoms with Crippen molar-refractivity contribution in [2.45, 2.75) is 52.6 Å². The maximum atomic E-state index is 6.31. The summed E-state index contributed by atoms with van der Waals surface area (Å²) in [7, 11) is 2.21.